The molecule has 0 saturated carbocycles. The summed E-state index contributed by atoms with van der Waals surface area (Å²) in [4.78, 5) is 10.5. The van der Waals surface area contributed by atoms with Crippen molar-refractivity contribution in [1.82, 2.24) is 4.72 Å². The molecule has 0 radical (unpaired) electrons. The van der Waals surface area contributed by atoms with Crippen LogP contribution in [-0.2, 0) is 14.8 Å². The molecule has 106 valence electrons. The molecule has 0 atom stereocenters. The number of hydrogen-bond donors (Lipinski definition) is 3. The minimum Gasteiger partial charge on any atom is -0.482 e. The van der Waals surface area contributed by atoms with E-state index in [9.17, 15) is 13.2 Å². The number of rotatable bonds is 7. The molecule has 1 rings (SSSR count). The van der Waals surface area contributed by atoms with E-state index in [0.29, 0.717) is 0 Å². The van der Waals surface area contributed by atoms with Gasteiger partial charge in [0.25, 0.3) is 5.91 Å². The van der Waals surface area contributed by atoms with Gasteiger partial charge in [-0.05, 0) is 18.2 Å². The zero-order valence-electron chi connectivity index (χ0n) is 9.93. The van der Waals surface area contributed by atoms with Gasteiger partial charge in [0.05, 0.1) is 0 Å². The van der Waals surface area contributed by atoms with Gasteiger partial charge in [0.15, 0.2) is 6.61 Å². The highest BCUT2D eigenvalue weighted by Crippen LogP contribution is 2.27. The quantitative estimate of drug-likeness (QED) is 0.623. The number of sulfonamides is 1. The minimum absolute atomic E-state index is 0.00674. The highest BCUT2D eigenvalue weighted by Gasteiger charge is 2.20. The Balaban J connectivity index is 3.09. The first-order valence-corrected chi connectivity index (χ1v) is 7.13. The van der Waals surface area contributed by atoms with Crippen molar-refractivity contribution in [3.63, 3.8) is 0 Å². The number of nitrogens with two attached hydrogens (primary N) is 2. The number of hydrogen-bond acceptors (Lipinski definition) is 5. The molecule has 0 aliphatic rings. The molecule has 9 heteroatoms. The maximum Gasteiger partial charge on any atom is 0.255 e. The molecule has 0 aliphatic heterocycles. The summed E-state index contributed by atoms with van der Waals surface area (Å²) in [6, 6.07) is 4.01. The van der Waals surface area contributed by atoms with Gasteiger partial charge in [-0.2, -0.15) is 0 Å². The van der Waals surface area contributed by atoms with Gasteiger partial charge in [-0.1, -0.05) is 11.6 Å². The molecule has 19 heavy (non-hydrogen) atoms. The van der Waals surface area contributed by atoms with Crippen LogP contribution in [-0.4, -0.2) is 34.0 Å². The van der Waals surface area contributed by atoms with Gasteiger partial charge in [-0.3, -0.25) is 4.79 Å². The van der Waals surface area contributed by atoms with Gasteiger partial charge in [0.1, 0.15) is 10.6 Å². The van der Waals surface area contributed by atoms with Crippen molar-refractivity contribution in [2.24, 2.45) is 11.5 Å². The topological polar surface area (TPSA) is 125 Å². The molecule has 1 aromatic carbocycles. The Labute approximate surface area is 115 Å². The average molecular weight is 308 g/mol. The second-order valence-electron chi connectivity index (χ2n) is 3.53. The van der Waals surface area contributed by atoms with E-state index < -0.39 is 22.5 Å². The Kier molecular flexibility index (Phi) is 5.55. The van der Waals surface area contributed by atoms with E-state index in [1.165, 1.54) is 18.2 Å². The molecule has 1 amide bonds. The number of carbonyl (C=O) groups excluding carboxylic acids is 1. The molecule has 0 bridgehead atoms. The number of primary amides is 1. The Morgan fingerprint density at radius 2 is 2.11 bits per heavy atom. The van der Waals surface area contributed by atoms with E-state index in [2.05, 4.69) is 4.72 Å². The number of amides is 1. The lowest BCUT2D eigenvalue weighted by atomic mass is 10.3. The minimum atomic E-state index is -3.82. The Bertz CT molecular complexity index is 562. The first-order chi connectivity index (χ1) is 8.86. The number of carbonyl (C=O) groups is 1. The third-order valence-corrected chi connectivity index (χ3v) is 3.72. The van der Waals surface area contributed by atoms with Crippen LogP contribution in [0.3, 0.4) is 0 Å². The molecule has 1 aromatic rings. The molecule has 0 fully saturated rings. The van der Waals surface area contributed by atoms with Crippen LogP contribution in [0.15, 0.2) is 23.1 Å². The third kappa shape index (κ3) is 4.67. The summed E-state index contributed by atoms with van der Waals surface area (Å²) in [7, 11) is -3.82. The number of benzene rings is 1. The second kappa shape index (κ2) is 6.71. The van der Waals surface area contributed by atoms with E-state index in [1.807, 2.05) is 0 Å². The molecule has 0 spiro atoms. The standard InChI is InChI=1S/C10H14ClN3O4S/c11-7-1-2-8(18-6-10(13)15)9(5-7)19(16,17)14-4-3-12/h1-2,5,14H,3-4,6,12H2,(H2,13,15). The molecule has 0 aliphatic carbocycles. The van der Waals surface area contributed by atoms with Crippen LogP contribution in [0.4, 0.5) is 0 Å². The van der Waals surface area contributed by atoms with Crippen molar-refractivity contribution < 1.29 is 17.9 Å². The van der Waals surface area contributed by atoms with Crippen LogP contribution in [0.2, 0.25) is 5.02 Å². The lowest BCUT2D eigenvalue weighted by Gasteiger charge is -2.12. The van der Waals surface area contributed by atoms with Gasteiger partial charge in [0, 0.05) is 18.1 Å². The second-order valence-corrected chi connectivity index (χ2v) is 5.70. The molecule has 0 unspecified atom stereocenters. The normalized spacial score (nSPS) is 11.3. The SMILES string of the molecule is NCCNS(=O)(=O)c1cc(Cl)ccc1OCC(N)=O. The maximum atomic E-state index is 12.0. The van der Waals surface area contributed by atoms with E-state index >= 15 is 0 Å². The Hall–Kier alpha value is -1.35. The summed E-state index contributed by atoms with van der Waals surface area (Å²) in [6.07, 6.45) is 0. The number of nitrogens with one attached hydrogen (secondary N) is 1. The van der Waals surface area contributed by atoms with Gasteiger partial charge in [0.2, 0.25) is 10.0 Å². The highest BCUT2D eigenvalue weighted by atomic mass is 35.5. The fourth-order valence-electron chi connectivity index (χ4n) is 1.23. The van der Waals surface area contributed by atoms with Crippen LogP contribution in [0.5, 0.6) is 5.75 Å². The van der Waals surface area contributed by atoms with Crippen molar-refractivity contribution in [2.45, 2.75) is 4.90 Å². The predicted octanol–water partition coefficient (Wildman–Crippen LogP) is -0.559. The third-order valence-electron chi connectivity index (χ3n) is 2.00. The molecule has 5 N–H and O–H groups in total. The summed E-state index contributed by atoms with van der Waals surface area (Å²) in [5.74, 6) is -0.721. The van der Waals surface area contributed by atoms with E-state index in [4.69, 9.17) is 27.8 Å². The van der Waals surface area contributed by atoms with E-state index in [1.54, 1.807) is 0 Å². The fourth-order valence-corrected chi connectivity index (χ4v) is 2.68. The molecule has 0 saturated heterocycles. The van der Waals surface area contributed by atoms with E-state index in [0.717, 1.165) is 0 Å². The largest absolute Gasteiger partial charge is 0.482 e. The zero-order valence-corrected chi connectivity index (χ0v) is 11.5. The van der Waals surface area contributed by atoms with Gasteiger partial charge in [-0.25, -0.2) is 13.1 Å². The van der Waals surface area contributed by atoms with Crippen molar-refractivity contribution in [2.75, 3.05) is 19.7 Å². The van der Waals surface area contributed by atoms with Crippen molar-refractivity contribution >= 4 is 27.5 Å². The smallest absolute Gasteiger partial charge is 0.255 e. The summed E-state index contributed by atoms with van der Waals surface area (Å²) < 4.78 is 31.3. The first-order valence-electron chi connectivity index (χ1n) is 5.27. The molecule has 0 heterocycles. The van der Waals surface area contributed by atoms with Crippen molar-refractivity contribution in [3.05, 3.63) is 23.2 Å². The van der Waals surface area contributed by atoms with Gasteiger partial charge < -0.3 is 16.2 Å². The molecular weight excluding hydrogens is 294 g/mol. The van der Waals surface area contributed by atoms with Crippen LogP contribution >= 0.6 is 11.6 Å². The summed E-state index contributed by atoms with van der Waals surface area (Å²) in [6.45, 7) is -0.206. The van der Waals surface area contributed by atoms with Crippen LogP contribution in [0, 0.1) is 0 Å². The maximum absolute atomic E-state index is 12.0. The summed E-state index contributed by atoms with van der Waals surface area (Å²) >= 11 is 5.76. The Morgan fingerprint density at radius 3 is 2.68 bits per heavy atom. The van der Waals surface area contributed by atoms with Crippen molar-refractivity contribution in [3.8, 4) is 5.75 Å². The highest BCUT2D eigenvalue weighted by molar-refractivity contribution is 7.89. The zero-order chi connectivity index (χ0) is 14.5. The monoisotopic (exact) mass is 307 g/mol. The Morgan fingerprint density at radius 1 is 1.42 bits per heavy atom. The lowest BCUT2D eigenvalue weighted by Crippen LogP contribution is -2.30. The fraction of sp³-hybridized carbons (Fsp3) is 0.300. The lowest BCUT2D eigenvalue weighted by molar-refractivity contribution is -0.120. The predicted molar refractivity (Wildman–Crippen MR) is 70.4 cm³/mol. The summed E-state index contributed by atoms with van der Waals surface area (Å²) in [5, 5.41) is 0.222. The van der Waals surface area contributed by atoms with Gasteiger partial charge in [-0.15, -0.1) is 0 Å². The first kappa shape index (κ1) is 15.7. The molecule has 7 nitrogen and oxygen atoms in total. The van der Waals surface area contributed by atoms with Gasteiger partial charge >= 0.3 is 0 Å². The van der Waals surface area contributed by atoms with Crippen molar-refractivity contribution in [1.29, 1.82) is 0 Å². The number of ether oxygens (including phenoxy) is 1. The average Bonchev–Trinajstić information content (AvgIpc) is 2.34. The molecular formula is C10H14ClN3O4S. The molecule has 0 aromatic heterocycles. The number of halogens is 1. The van der Waals surface area contributed by atoms with Crippen LogP contribution in [0.25, 0.3) is 0 Å². The summed E-state index contributed by atoms with van der Waals surface area (Å²) in [5.41, 5.74) is 10.2. The van der Waals surface area contributed by atoms with Crippen LogP contribution < -0.4 is 20.9 Å². The van der Waals surface area contributed by atoms with Crippen LogP contribution in [0.1, 0.15) is 0 Å². The van der Waals surface area contributed by atoms with E-state index in [-0.39, 0.29) is 28.8 Å².